The van der Waals surface area contributed by atoms with Gasteiger partial charge in [-0.25, -0.2) is 0 Å². The lowest BCUT2D eigenvalue weighted by molar-refractivity contribution is -0.387. The van der Waals surface area contributed by atoms with Crippen molar-refractivity contribution in [2.24, 2.45) is 5.73 Å². The number of hydrogen-bond acceptors (Lipinski definition) is 5. The summed E-state index contributed by atoms with van der Waals surface area (Å²) in [6, 6.07) is 3.02. The first-order valence-electron chi connectivity index (χ1n) is 4.47. The van der Waals surface area contributed by atoms with Crippen LogP contribution in [0.5, 0.6) is 0 Å². The summed E-state index contributed by atoms with van der Waals surface area (Å²) in [6.07, 6.45) is 0. The third kappa shape index (κ3) is 3.88. The second-order valence-corrected chi connectivity index (χ2v) is 4.62. The predicted molar refractivity (Wildman–Crippen MR) is 64.4 cm³/mol. The van der Waals surface area contributed by atoms with E-state index >= 15 is 0 Å². The molecule has 1 atom stereocenters. The summed E-state index contributed by atoms with van der Waals surface area (Å²) in [5, 5.41) is 19.7. The van der Waals surface area contributed by atoms with Gasteiger partial charge in [-0.2, -0.15) is 0 Å². The largest absolute Gasteiger partial charge is 0.480 e. The lowest BCUT2D eigenvalue weighted by atomic mass is 10.3. The Kier molecular flexibility index (Phi) is 4.73. The fourth-order valence-corrected chi connectivity index (χ4v) is 2.24. The first-order chi connectivity index (χ1) is 7.91. The molecule has 0 spiro atoms. The van der Waals surface area contributed by atoms with Crippen LogP contribution in [-0.2, 0) is 4.79 Å². The minimum Gasteiger partial charge on any atom is -0.480 e. The van der Waals surface area contributed by atoms with Crippen LogP contribution < -0.4 is 5.73 Å². The zero-order valence-electron chi connectivity index (χ0n) is 8.50. The van der Waals surface area contributed by atoms with E-state index in [2.05, 4.69) is 0 Å². The summed E-state index contributed by atoms with van der Waals surface area (Å²) in [4.78, 5) is 21.0. The molecule has 0 aromatic heterocycles. The molecule has 8 heteroatoms. The molecule has 1 aromatic carbocycles. The van der Waals surface area contributed by atoms with Crippen molar-refractivity contribution in [3.05, 3.63) is 33.3 Å². The van der Waals surface area contributed by atoms with Gasteiger partial charge in [0.2, 0.25) is 0 Å². The van der Waals surface area contributed by atoms with E-state index in [9.17, 15) is 14.9 Å². The molecule has 6 nitrogen and oxygen atoms in total. The number of halogens is 1. The highest BCUT2D eigenvalue weighted by atomic mass is 35.5. The topological polar surface area (TPSA) is 106 Å². The quantitative estimate of drug-likeness (QED) is 0.482. The average molecular weight is 277 g/mol. The summed E-state index contributed by atoms with van der Waals surface area (Å²) in [6.45, 7) is 0. The molecule has 1 aromatic rings. The molecule has 0 aliphatic rings. The minimum atomic E-state index is -1.15. The SMILES string of the molecule is N[C@@H](CSc1cc(Cl)ccc1[N+](=O)[O-])C(=O)O. The van der Waals surface area contributed by atoms with Crippen LogP contribution in [0.15, 0.2) is 23.1 Å². The zero-order chi connectivity index (χ0) is 13.0. The molecule has 0 aliphatic carbocycles. The lowest BCUT2D eigenvalue weighted by Gasteiger charge is -2.06. The van der Waals surface area contributed by atoms with Gasteiger partial charge in [0, 0.05) is 16.8 Å². The first kappa shape index (κ1) is 13.8. The summed E-state index contributed by atoms with van der Waals surface area (Å²) < 4.78 is 0. The van der Waals surface area contributed by atoms with Crippen LogP contribution >= 0.6 is 23.4 Å². The maximum Gasteiger partial charge on any atom is 0.321 e. The average Bonchev–Trinajstić information content (AvgIpc) is 2.25. The molecule has 1 rings (SSSR count). The zero-order valence-corrected chi connectivity index (χ0v) is 10.1. The van der Waals surface area contributed by atoms with E-state index in [0.717, 1.165) is 11.8 Å². The van der Waals surface area contributed by atoms with E-state index in [1.165, 1.54) is 18.2 Å². The van der Waals surface area contributed by atoms with E-state index in [0.29, 0.717) is 9.92 Å². The van der Waals surface area contributed by atoms with Crippen LogP contribution in [0.2, 0.25) is 5.02 Å². The molecule has 3 N–H and O–H groups in total. The van der Waals surface area contributed by atoms with Crippen molar-refractivity contribution in [1.29, 1.82) is 0 Å². The summed E-state index contributed by atoms with van der Waals surface area (Å²) >= 11 is 6.71. The van der Waals surface area contributed by atoms with Crippen molar-refractivity contribution in [1.82, 2.24) is 0 Å². The number of carbonyl (C=O) groups is 1. The standard InChI is InChI=1S/C9H9ClN2O4S/c10-5-1-2-7(12(15)16)8(3-5)17-4-6(11)9(13)14/h1-3,6H,4,11H2,(H,13,14)/t6-/m0/s1. The third-order valence-electron chi connectivity index (χ3n) is 1.85. The van der Waals surface area contributed by atoms with Crippen LogP contribution in [0.4, 0.5) is 5.69 Å². The second-order valence-electron chi connectivity index (χ2n) is 3.12. The van der Waals surface area contributed by atoms with Gasteiger partial charge in [0.05, 0.1) is 9.82 Å². The van der Waals surface area contributed by atoms with E-state index < -0.39 is 16.9 Å². The van der Waals surface area contributed by atoms with Crippen molar-refractivity contribution in [2.75, 3.05) is 5.75 Å². The van der Waals surface area contributed by atoms with Gasteiger partial charge in [-0.15, -0.1) is 11.8 Å². The Morgan fingerprint density at radius 1 is 1.65 bits per heavy atom. The number of carboxylic acid groups (broad SMARTS) is 1. The molecule has 0 bridgehead atoms. The number of hydrogen-bond donors (Lipinski definition) is 2. The van der Waals surface area contributed by atoms with Gasteiger partial charge in [-0.05, 0) is 12.1 Å². The van der Waals surface area contributed by atoms with Crippen LogP contribution in [0.1, 0.15) is 0 Å². The monoisotopic (exact) mass is 276 g/mol. The molecule has 92 valence electrons. The van der Waals surface area contributed by atoms with Crippen molar-refractivity contribution < 1.29 is 14.8 Å². The molecular weight excluding hydrogens is 268 g/mol. The van der Waals surface area contributed by atoms with Gasteiger partial charge >= 0.3 is 5.97 Å². The number of thioether (sulfide) groups is 1. The maximum absolute atomic E-state index is 10.7. The van der Waals surface area contributed by atoms with Crippen LogP contribution in [0.25, 0.3) is 0 Å². The molecule has 17 heavy (non-hydrogen) atoms. The summed E-state index contributed by atoms with van der Waals surface area (Å²) in [5.74, 6) is -1.11. The van der Waals surface area contributed by atoms with Crippen molar-refractivity contribution in [3.63, 3.8) is 0 Å². The Bertz CT molecular complexity index is 455. The highest BCUT2D eigenvalue weighted by Crippen LogP contribution is 2.31. The van der Waals surface area contributed by atoms with Gasteiger partial charge < -0.3 is 10.8 Å². The number of nitro groups is 1. The van der Waals surface area contributed by atoms with Gasteiger partial charge in [-0.3, -0.25) is 14.9 Å². The number of rotatable bonds is 5. The van der Waals surface area contributed by atoms with Gasteiger partial charge in [0.15, 0.2) is 0 Å². The Balaban J connectivity index is 2.85. The predicted octanol–water partition coefficient (Wildman–Crippen LogP) is 1.75. The van der Waals surface area contributed by atoms with E-state index in [-0.39, 0.29) is 11.4 Å². The number of nitrogens with zero attached hydrogens (tertiary/aromatic N) is 1. The van der Waals surface area contributed by atoms with Crippen LogP contribution in [0, 0.1) is 10.1 Å². The first-order valence-corrected chi connectivity index (χ1v) is 5.83. The molecule has 0 saturated carbocycles. The van der Waals surface area contributed by atoms with E-state index in [4.69, 9.17) is 22.4 Å². The minimum absolute atomic E-state index is 0.0382. The Morgan fingerprint density at radius 2 is 2.29 bits per heavy atom. The van der Waals surface area contributed by atoms with Gasteiger partial charge in [-0.1, -0.05) is 11.6 Å². The number of nitro benzene ring substituents is 1. The molecule has 0 radical (unpaired) electrons. The fourth-order valence-electron chi connectivity index (χ4n) is 1.01. The molecule has 0 fully saturated rings. The normalized spacial score (nSPS) is 12.1. The van der Waals surface area contributed by atoms with Crippen molar-refractivity contribution >= 4 is 35.0 Å². The third-order valence-corrected chi connectivity index (χ3v) is 3.25. The smallest absolute Gasteiger partial charge is 0.321 e. The van der Waals surface area contributed by atoms with E-state index in [1.54, 1.807) is 0 Å². The van der Waals surface area contributed by atoms with Crippen LogP contribution in [-0.4, -0.2) is 27.8 Å². The number of benzene rings is 1. The maximum atomic E-state index is 10.7. The molecule has 0 amide bonds. The van der Waals surface area contributed by atoms with Crippen LogP contribution in [0.3, 0.4) is 0 Å². The fraction of sp³-hybridized carbons (Fsp3) is 0.222. The summed E-state index contributed by atoms with van der Waals surface area (Å²) in [7, 11) is 0. The lowest BCUT2D eigenvalue weighted by Crippen LogP contribution is -2.32. The molecular formula is C9H9ClN2O4S. The highest BCUT2D eigenvalue weighted by molar-refractivity contribution is 7.99. The second kappa shape index (κ2) is 5.85. The molecule has 0 heterocycles. The van der Waals surface area contributed by atoms with Crippen molar-refractivity contribution in [2.45, 2.75) is 10.9 Å². The summed E-state index contributed by atoms with van der Waals surface area (Å²) in [5.41, 5.74) is 5.19. The van der Waals surface area contributed by atoms with Crippen molar-refractivity contribution in [3.8, 4) is 0 Å². The van der Waals surface area contributed by atoms with E-state index in [1.807, 2.05) is 0 Å². The number of nitrogens with two attached hydrogens (primary N) is 1. The van der Waals surface area contributed by atoms with Gasteiger partial charge in [0.1, 0.15) is 6.04 Å². The molecule has 0 saturated heterocycles. The Hall–Kier alpha value is -1.31. The Morgan fingerprint density at radius 3 is 2.82 bits per heavy atom. The number of aliphatic carboxylic acids is 1. The molecule has 0 aliphatic heterocycles. The number of carboxylic acids is 1. The Labute approximate surface area is 106 Å². The van der Waals surface area contributed by atoms with Gasteiger partial charge in [0.25, 0.3) is 5.69 Å². The highest BCUT2D eigenvalue weighted by Gasteiger charge is 2.18. The molecule has 0 unspecified atom stereocenters.